The number of aryl methyl sites for hydroxylation is 1. The van der Waals surface area contributed by atoms with Crippen molar-refractivity contribution in [2.45, 2.75) is 57.0 Å². The molecular weight excluding hydrogens is 280 g/mol. The average Bonchev–Trinajstić information content (AvgIpc) is 3.12. The van der Waals surface area contributed by atoms with Crippen LogP contribution in [0, 0.1) is 6.92 Å². The molecule has 0 radical (unpaired) electrons. The maximum absolute atomic E-state index is 13.1. The van der Waals surface area contributed by atoms with E-state index in [0.717, 1.165) is 50.8 Å². The zero-order valence-electron chi connectivity index (χ0n) is 13.0. The van der Waals surface area contributed by atoms with Gasteiger partial charge in [-0.2, -0.15) is 0 Å². The highest BCUT2D eigenvalue weighted by molar-refractivity contribution is 5.99. The monoisotopic (exact) mass is 302 g/mol. The summed E-state index contributed by atoms with van der Waals surface area (Å²) in [5, 5.41) is 0. The molecule has 22 heavy (non-hydrogen) atoms. The minimum Gasteiger partial charge on any atom is -0.348 e. The summed E-state index contributed by atoms with van der Waals surface area (Å²) in [6, 6.07) is 0.425. The van der Waals surface area contributed by atoms with E-state index in [1.54, 1.807) is 6.33 Å². The van der Waals surface area contributed by atoms with Crippen LogP contribution in [0.4, 0.5) is 0 Å². The van der Waals surface area contributed by atoms with Crippen LogP contribution in [0.5, 0.6) is 0 Å². The lowest BCUT2D eigenvalue weighted by atomic mass is 9.85. The molecule has 4 rings (SSSR count). The molecule has 2 amide bonds. The molecule has 2 saturated heterocycles. The Balaban J connectivity index is 1.66. The molecule has 118 valence electrons. The number of hydrogen-bond donors (Lipinski definition) is 1. The van der Waals surface area contributed by atoms with E-state index in [9.17, 15) is 9.59 Å². The molecule has 1 saturated carbocycles. The SMILES string of the molecule is Cc1[nH]cnc1C(=O)N1CCCC12CCCN(C1CC1)C2=O. The van der Waals surface area contributed by atoms with Crippen LogP contribution < -0.4 is 0 Å². The van der Waals surface area contributed by atoms with Gasteiger partial charge in [-0.15, -0.1) is 0 Å². The predicted octanol–water partition coefficient (Wildman–Crippen LogP) is 1.48. The predicted molar refractivity (Wildman–Crippen MR) is 80.3 cm³/mol. The van der Waals surface area contributed by atoms with Gasteiger partial charge in [-0.1, -0.05) is 0 Å². The van der Waals surface area contributed by atoms with Crippen molar-refractivity contribution in [3.8, 4) is 0 Å². The highest BCUT2D eigenvalue weighted by Crippen LogP contribution is 2.42. The first-order valence-corrected chi connectivity index (χ1v) is 8.26. The molecule has 1 N–H and O–H groups in total. The Morgan fingerprint density at radius 2 is 2.05 bits per heavy atom. The average molecular weight is 302 g/mol. The van der Waals surface area contributed by atoms with Crippen molar-refractivity contribution >= 4 is 11.8 Å². The van der Waals surface area contributed by atoms with Crippen LogP contribution in [0.25, 0.3) is 0 Å². The van der Waals surface area contributed by atoms with Crippen LogP contribution in [-0.2, 0) is 4.79 Å². The largest absolute Gasteiger partial charge is 0.348 e. The summed E-state index contributed by atoms with van der Waals surface area (Å²) in [5.41, 5.74) is 0.621. The van der Waals surface area contributed by atoms with Gasteiger partial charge in [0.05, 0.1) is 6.33 Å². The highest BCUT2D eigenvalue weighted by Gasteiger charge is 2.55. The smallest absolute Gasteiger partial charge is 0.275 e. The number of nitrogens with one attached hydrogen (secondary N) is 1. The molecule has 0 bridgehead atoms. The maximum atomic E-state index is 13.1. The quantitative estimate of drug-likeness (QED) is 0.899. The number of imidazole rings is 1. The van der Waals surface area contributed by atoms with E-state index in [-0.39, 0.29) is 11.8 Å². The number of likely N-dealkylation sites (tertiary alicyclic amines) is 2. The molecule has 1 aliphatic carbocycles. The number of nitrogens with zero attached hydrogens (tertiary/aromatic N) is 3. The van der Waals surface area contributed by atoms with Gasteiger partial charge in [0.1, 0.15) is 11.2 Å². The summed E-state index contributed by atoms with van der Waals surface area (Å²) in [4.78, 5) is 37.0. The Morgan fingerprint density at radius 3 is 2.68 bits per heavy atom. The van der Waals surface area contributed by atoms with Crippen LogP contribution in [0.1, 0.15) is 54.7 Å². The third-order valence-electron chi connectivity index (χ3n) is 5.40. The molecule has 1 aromatic heterocycles. The first kappa shape index (κ1) is 13.8. The van der Waals surface area contributed by atoms with Crippen molar-refractivity contribution in [1.29, 1.82) is 0 Å². The van der Waals surface area contributed by atoms with Gasteiger partial charge in [-0.05, 0) is 45.4 Å². The molecule has 3 aliphatic rings. The van der Waals surface area contributed by atoms with Crippen LogP contribution in [0.15, 0.2) is 6.33 Å². The lowest BCUT2D eigenvalue weighted by molar-refractivity contribution is -0.146. The van der Waals surface area contributed by atoms with Crippen LogP contribution in [0.2, 0.25) is 0 Å². The van der Waals surface area contributed by atoms with Gasteiger partial charge in [0, 0.05) is 24.8 Å². The van der Waals surface area contributed by atoms with Crippen molar-refractivity contribution < 1.29 is 9.59 Å². The van der Waals surface area contributed by atoms with Crippen LogP contribution >= 0.6 is 0 Å². The first-order valence-electron chi connectivity index (χ1n) is 8.26. The lowest BCUT2D eigenvalue weighted by Crippen LogP contribution is -2.61. The number of aromatic nitrogens is 2. The second kappa shape index (κ2) is 4.83. The number of carbonyl (C=O) groups excluding carboxylic acids is 2. The normalized spacial score (nSPS) is 28.7. The molecule has 1 unspecified atom stereocenters. The maximum Gasteiger partial charge on any atom is 0.275 e. The van der Waals surface area contributed by atoms with E-state index in [0.29, 0.717) is 18.3 Å². The summed E-state index contributed by atoms with van der Waals surface area (Å²) in [6.07, 6.45) is 7.27. The molecule has 1 spiro atoms. The van der Waals surface area contributed by atoms with Gasteiger partial charge in [0.25, 0.3) is 5.91 Å². The molecule has 1 atom stereocenters. The number of rotatable bonds is 2. The number of amides is 2. The molecule has 2 aliphatic heterocycles. The molecule has 3 heterocycles. The van der Waals surface area contributed by atoms with Crippen molar-refractivity contribution in [3.05, 3.63) is 17.7 Å². The fourth-order valence-electron chi connectivity index (χ4n) is 4.11. The number of carbonyl (C=O) groups is 2. The number of aromatic amines is 1. The van der Waals surface area contributed by atoms with E-state index in [4.69, 9.17) is 0 Å². The van der Waals surface area contributed by atoms with E-state index in [1.165, 1.54) is 0 Å². The minimum atomic E-state index is -0.608. The topological polar surface area (TPSA) is 69.3 Å². The Bertz CT molecular complexity index is 621. The number of piperidine rings is 1. The van der Waals surface area contributed by atoms with E-state index >= 15 is 0 Å². The molecule has 1 aromatic rings. The number of H-pyrrole nitrogens is 1. The van der Waals surface area contributed by atoms with Gasteiger partial charge >= 0.3 is 0 Å². The van der Waals surface area contributed by atoms with Gasteiger partial charge in [0.2, 0.25) is 5.91 Å². The van der Waals surface area contributed by atoms with Crippen LogP contribution in [-0.4, -0.2) is 56.3 Å². The molecule has 3 fully saturated rings. The van der Waals surface area contributed by atoms with Crippen molar-refractivity contribution in [3.63, 3.8) is 0 Å². The number of hydrogen-bond acceptors (Lipinski definition) is 3. The fraction of sp³-hybridized carbons (Fsp3) is 0.688. The minimum absolute atomic E-state index is 0.0951. The Labute approximate surface area is 129 Å². The highest BCUT2D eigenvalue weighted by atomic mass is 16.2. The standard InChI is InChI=1S/C16H22N4O2/c1-11-13(18-10-17-11)14(21)20-9-3-7-16(20)6-2-8-19(15(16)22)12-4-5-12/h10,12H,2-9H2,1H3,(H,17,18). The Kier molecular flexibility index (Phi) is 3.03. The van der Waals surface area contributed by atoms with Gasteiger partial charge in [-0.25, -0.2) is 4.98 Å². The summed E-state index contributed by atoms with van der Waals surface area (Å²) in [6.45, 7) is 3.37. The van der Waals surface area contributed by atoms with E-state index in [2.05, 4.69) is 9.97 Å². The fourth-order valence-corrected chi connectivity index (χ4v) is 4.11. The Hall–Kier alpha value is -1.85. The zero-order valence-corrected chi connectivity index (χ0v) is 13.0. The van der Waals surface area contributed by atoms with Crippen molar-refractivity contribution in [1.82, 2.24) is 19.8 Å². The molecule has 6 nitrogen and oxygen atoms in total. The second-order valence-electron chi connectivity index (χ2n) is 6.80. The Morgan fingerprint density at radius 1 is 1.32 bits per heavy atom. The van der Waals surface area contributed by atoms with Crippen LogP contribution in [0.3, 0.4) is 0 Å². The van der Waals surface area contributed by atoms with Gasteiger partial charge in [-0.3, -0.25) is 9.59 Å². The third kappa shape index (κ3) is 1.89. The zero-order chi connectivity index (χ0) is 15.3. The molecule has 6 heteroatoms. The van der Waals surface area contributed by atoms with E-state index in [1.807, 2.05) is 16.7 Å². The summed E-state index contributed by atoms with van der Waals surface area (Å²) < 4.78 is 0. The van der Waals surface area contributed by atoms with Gasteiger partial charge in [0.15, 0.2) is 0 Å². The summed E-state index contributed by atoms with van der Waals surface area (Å²) in [5.74, 6) is 0.0857. The molecular formula is C16H22N4O2. The molecule has 0 aromatic carbocycles. The van der Waals surface area contributed by atoms with E-state index < -0.39 is 5.54 Å². The van der Waals surface area contributed by atoms with Gasteiger partial charge < -0.3 is 14.8 Å². The van der Waals surface area contributed by atoms with Crippen molar-refractivity contribution in [2.75, 3.05) is 13.1 Å². The third-order valence-corrected chi connectivity index (χ3v) is 5.40. The first-order chi connectivity index (χ1) is 10.6. The lowest BCUT2D eigenvalue weighted by Gasteiger charge is -2.44. The summed E-state index contributed by atoms with van der Waals surface area (Å²) >= 11 is 0. The summed E-state index contributed by atoms with van der Waals surface area (Å²) in [7, 11) is 0. The van der Waals surface area contributed by atoms with Crippen molar-refractivity contribution in [2.24, 2.45) is 0 Å². The second-order valence-corrected chi connectivity index (χ2v) is 6.80.